The van der Waals surface area contributed by atoms with Gasteiger partial charge in [-0.05, 0) is 34.0 Å². The Kier molecular flexibility index (Phi) is 12.6. The summed E-state index contributed by atoms with van der Waals surface area (Å²) < 4.78 is 10.7. The molecule has 0 aliphatic carbocycles. The number of hydrogen-bond acceptors (Lipinski definition) is 4. The molecule has 1 rings (SSSR count). The Balaban J connectivity index is 0.00000576. The maximum Gasteiger partial charge on any atom is 0.191 e. The van der Waals surface area contributed by atoms with Crippen molar-refractivity contribution in [2.24, 2.45) is 4.99 Å². The zero-order valence-corrected chi connectivity index (χ0v) is 18.5. The molecule has 0 aliphatic rings. The van der Waals surface area contributed by atoms with Crippen LogP contribution in [0.2, 0.25) is 0 Å². The van der Waals surface area contributed by atoms with Gasteiger partial charge < -0.3 is 25.0 Å². The van der Waals surface area contributed by atoms with Crippen molar-refractivity contribution in [2.75, 3.05) is 48.0 Å². The molecule has 2 N–H and O–H groups in total. The lowest BCUT2D eigenvalue weighted by Crippen LogP contribution is -2.44. The second-order valence-electron chi connectivity index (χ2n) is 5.94. The fraction of sp³-hybridized carbons (Fsp3) is 0.611. The van der Waals surface area contributed by atoms with Crippen LogP contribution in [0.3, 0.4) is 0 Å². The molecule has 0 amide bonds. The van der Waals surface area contributed by atoms with Gasteiger partial charge in [0.15, 0.2) is 5.96 Å². The van der Waals surface area contributed by atoms with Crippen molar-refractivity contribution in [2.45, 2.75) is 25.9 Å². The first kappa shape index (κ1) is 23.9. The maximum atomic E-state index is 5.50. The maximum absolute atomic E-state index is 5.50. The van der Waals surface area contributed by atoms with Crippen molar-refractivity contribution in [1.29, 1.82) is 0 Å². The summed E-state index contributed by atoms with van der Waals surface area (Å²) in [6, 6.07) is 8.41. The summed E-state index contributed by atoms with van der Waals surface area (Å²) in [6.45, 7) is 6.20. The normalized spacial score (nSPS) is 13.8. The number of rotatable bonds is 9. The molecule has 144 valence electrons. The Morgan fingerprint density at radius 2 is 1.92 bits per heavy atom. The van der Waals surface area contributed by atoms with Gasteiger partial charge in [0, 0.05) is 25.3 Å². The van der Waals surface area contributed by atoms with Crippen molar-refractivity contribution in [3.05, 3.63) is 29.8 Å². The van der Waals surface area contributed by atoms with Crippen LogP contribution in [-0.2, 0) is 4.74 Å². The zero-order valence-electron chi connectivity index (χ0n) is 16.2. The van der Waals surface area contributed by atoms with Crippen molar-refractivity contribution in [3.63, 3.8) is 0 Å². The van der Waals surface area contributed by atoms with E-state index in [-0.39, 0.29) is 36.1 Å². The number of aliphatic imine (C=N–C) groups is 1. The Bertz CT molecular complexity index is 512. The number of halogens is 1. The summed E-state index contributed by atoms with van der Waals surface area (Å²) in [5.41, 5.74) is 1.13. The van der Waals surface area contributed by atoms with Crippen LogP contribution in [0.1, 0.15) is 25.5 Å². The van der Waals surface area contributed by atoms with Crippen LogP contribution in [0.4, 0.5) is 0 Å². The van der Waals surface area contributed by atoms with Gasteiger partial charge in [0.25, 0.3) is 0 Å². The Morgan fingerprint density at radius 1 is 1.24 bits per heavy atom. The second kappa shape index (κ2) is 13.2. The average molecular weight is 464 g/mol. The highest BCUT2D eigenvalue weighted by atomic mass is 127. The number of methoxy groups -OCH3 is 2. The first-order valence-corrected chi connectivity index (χ1v) is 8.36. The minimum Gasteiger partial charge on any atom is -0.496 e. The van der Waals surface area contributed by atoms with Crippen LogP contribution in [0, 0.1) is 0 Å². The quantitative estimate of drug-likeness (QED) is 0.334. The van der Waals surface area contributed by atoms with Crippen LogP contribution < -0.4 is 15.4 Å². The van der Waals surface area contributed by atoms with Crippen molar-refractivity contribution in [1.82, 2.24) is 15.5 Å². The monoisotopic (exact) mass is 464 g/mol. The van der Waals surface area contributed by atoms with E-state index in [4.69, 9.17) is 14.5 Å². The minimum atomic E-state index is 0. The number of nitrogens with zero attached hydrogens (tertiary/aromatic N) is 2. The summed E-state index contributed by atoms with van der Waals surface area (Å²) in [5.74, 6) is 1.68. The first-order chi connectivity index (χ1) is 11.5. The molecule has 7 heteroatoms. The van der Waals surface area contributed by atoms with Crippen LogP contribution in [0.15, 0.2) is 29.3 Å². The third-order valence-corrected chi connectivity index (χ3v) is 3.69. The molecule has 0 fully saturated rings. The third kappa shape index (κ3) is 8.24. The van der Waals surface area contributed by atoms with Gasteiger partial charge in [-0.3, -0.25) is 4.99 Å². The van der Waals surface area contributed by atoms with Gasteiger partial charge in [-0.2, -0.15) is 0 Å². The SMILES string of the molecule is CCNC(=NCC(c1ccccc1OC)N(C)C)NC(C)COC.I. The lowest BCUT2D eigenvalue weighted by Gasteiger charge is -2.25. The highest BCUT2D eigenvalue weighted by Gasteiger charge is 2.18. The van der Waals surface area contributed by atoms with E-state index in [0.717, 1.165) is 23.8 Å². The molecule has 1 aromatic carbocycles. The summed E-state index contributed by atoms with van der Waals surface area (Å²) >= 11 is 0. The summed E-state index contributed by atoms with van der Waals surface area (Å²) in [6.07, 6.45) is 0. The molecule has 0 saturated carbocycles. The van der Waals surface area contributed by atoms with E-state index in [1.807, 2.05) is 18.2 Å². The molecule has 0 bridgehead atoms. The number of guanidine groups is 1. The summed E-state index contributed by atoms with van der Waals surface area (Å²) in [7, 11) is 7.51. The molecule has 2 unspecified atom stereocenters. The summed E-state index contributed by atoms with van der Waals surface area (Å²) in [4.78, 5) is 6.91. The van der Waals surface area contributed by atoms with E-state index in [0.29, 0.717) is 13.2 Å². The molecule has 0 heterocycles. The van der Waals surface area contributed by atoms with E-state index in [2.05, 4.69) is 49.5 Å². The number of ether oxygens (including phenoxy) is 2. The molecule has 0 saturated heterocycles. The van der Waals surface area contributed by atoms with E-state index in [1.54, 1.807) is 14.2 Å². The van der Waals surface area contributed by atoms with Gasteiger partial charge in [0.1, 0.15) is 5.75 Å². The largest absolute Gasteiger partial charge is 0.496 e. The smallest absolute Gasteiger partial charge is 0.191 e. The van der Waals surface area contributed by atoms with Gasteiger partial charge in [0.05, 0.1) is 26.3 Å². The molecular formula is C18H33IN4O2. The molecule has 0 aliphatic heterocycles. The average Bonchev–Trinajstić information content (AvgIpc) is 2.55. The van der Waals surface area contributed by atoms with Crippen molar-refractivity contribution < 1.29 is 9.47 Å². The minimum absolute atomic E-state index is 0. The molecule has 0 spiro atoms. The third-order valence-electron chi connectivity index (χ3n) is 3.69. The Labute approximate surface area is 169 Å². The number of hydrogen-bond donors (Lipinski definition) is 2. The standard InChI is InChI=1S/C18H32N4O2.HI/c1-7-19-18(21-14(2)13-23-5)20-12-16(22(3)4)15-10-8-9-11-17(15)24-6;/h8-11,14,16H,7,12-13H2,1-6H3,(H2,19,20,21);1H. The molecule has 6 nitrogen and oxygen atoms in total. The predicted octanol–water partition coefficient (Wildman–Crippen LogP) is 2.51. The van der Waals surface area contributed by atoms with E-state index < -0.39 is 0 Å². The van der Waals surface area contributed by atoms with E-state index in [9.17, 15) is 0 Å². The lowest BCUT2D eigenvalue weighted by molar-refractivity contribution is 0.179. The van der Waals surface area contributed by atoms with Crippen molar-refractivity contribution in [3.8, 4) is 5.75 Å². The van der Waals surface area contributed by atoms with Gasteiger partial charge in [-0.25, -0.2) is 0 Å². The number of nitrogens with one attached hydrogen (secondary N) is 2. The topological polar surface area (TPSA) is 58.1 Å². The van der Waals surface area contributed by atoms with Crippen LogP contribution in [-0.4, -0.2) is 64.9 Å². The molecule has 0 radical (unpaired) electrons. The highest BCUT2D eigenvalue weighted by Crippen LogP contribution is 2.28. The molecule has 25 heavy (non-hydrogen) atoms. The first-order valence-electron chi connectivity index (χ1n) is 8.36. The molecule has 2 atom stereocenters. The van der Waals surface area contributed by atoms with E-state index >= 15 is 0 Å². The highest BCUT2D eigenvalue weighted by molar-refractivity contribution is 14.0. The van der Waals surface area contributed by atoms with Crippen LogP contribution in [0.25, 0.3) is 0 Å². The fourth-order valence-corrected chi connectivity index (χ4v) is 2.50. The molecule has 1 aromatic rings. The van der Waals surface area contributed by atoms with Crippen molar-refractivity contribution >= 4 is 29.9 Å². The van der Waals surface area contributed by atoms with Gasteiger partial charge in [-0.1, -0.05) is 18.2 Å². The zero-order chi connectivity index (χ0) is 17.9. The molecule has 0 aromatic heterocycles. The van der Waals surface area contributed by atoms with Crippen LogP contribution >= 0.6 is 24.0 Å². The van der Waals surface area contributed by atoms with Gasteiger partial charge in [0.2, 0.25) is 0 Å². The second-order valence-corrected chi connectivity index (χ2v) is 5.94. The van der Waals surface area contributed by atoms with Crippen LogP contribution in [0.5, 0.6) is 5.75 Å². The number of likely N-dealkylation sites (N-methyl/N-ethyl adjacent to an activating group) is 1. The van der Waals surface area contributed by atoms with Gasteiger partial charge >= 0.3 is 0 Å². The lowest BCUT2D eigenvalue weighted by atomic mass is 10.0. The fourth-order valence-electron chi connectivity index (χ4n) is 2.50. The summed E-state index contributed by atoms with van der Waals surface area (Å²) in [5, 5.41) is 6.64. The van der Waals surface area contributed by atoms with E-state index in [1.165, 1.54) is 0 Å². The van der Waals surface area contributed by atoms with Gasteiger partial charge in [-0.15, -0.1) is 24.0 Å². The molecular weight excluding hydrogens is 431 g/mol. The Morgan fingerprint density at radius 3 is 2.48 bits per heavy atom. The Hall–Kier alpha value is -1.06. The number of para-hydroxylation sites is 1. The number of benzene rings is 1. The predicted molar refractivity (Wildman–Crippen MR) is 115 cm³/mol.